The molecular formula is C31H29FN6O3. The first-order valence-corrected chi connectivity index (χ1v) is 13.3. The first-order chi connectivity index (χ1) is 19.7. The number of halogens is 1. The summed E-state index contributed by atoms with van der Waals surface area (Å²) in [5, 5.41) is 12.6. The van der Waals surface area contributed by atoms with Crippen molar-refractivity contribution in [2.24, 2.45) is 5.73 Å². The molecule has 1 aliphatic rings. The van der Waals surface area contributed by atoms with E-state index in [4.69, 9.17) is 5.73 Å². The smallest absolute Gasteiger partial charge is 0.250 e. The Hall–Kier alpha value is -5.04. The number of anilines is 1. The quantitative estimate of drug-likeness (QED) is 0.367. The zero-order chi connectivity index (χ0) is 29.1. The third-order valence-corrected chi connectivity index (χ3v) is 7.35. The minimum absolute atomic E-state index is 0.0839. The van der Waals surface area contributed by atoms with Gasteiger partial charge >= 0.3 is 0 Å². The zero-order valence-corrected chi connectivity index (χ0v) is 22.5. The number of alkyl halides is 1. The SMILES string of the molecule is Cc1cccc(NC(=O)[C@@H]2CCC(F)CCN2C(=O)Cn2cc(C(N)=O)c3cc(-c4cccc(C#N)c4)ccc32)n1. The molecule has 0 saturated carbocycles. The fourth-order valence-electron chi connectivity index (χ4n) is 5.28. The summed E-state index contributed by atoms with van der Waals surface area (Å²) in [4.78, 5) is 45.0. The van der Waals surface area contributed by atoms with Gasteiger partial charge in [0.15, 0.2) is 0 Å². The fraction of sp³-hybridized carbons (Fsp3) is 0.258. The summed E-state index contributed by atoms with van der Waals surface area (Å²) in [5.41, 5.74) is 9.35. The lowest BCUT2D eigenvalue weighted by Crippen LogP contribution is -2.48. The average Bonchev–Trinajstić information content (AvgIpc) is 3.19. The second-order valence-corrected chi connectivity index (χ2v) is 10.2. The van der Waals surface area contributed by atoms with Crippen molar-refractivity contribution in [3.8, 4) is 17.2 Å². The maximum atomic E-state index is 14.4. The number of aryl methyl sites for hydroxylation is 1. The Balaban J connectivity index is 1.44. The summed E-state index contributed by atoms with van der Waals surface area (Å²) in [6, 6.07) is 19.0. The molecule has 2 aromatic heterocycles. The van der Waals surface area contributed by atoms with Gasteiger partial charge in [-0.1, -0.05) is 24.3 Å². The van der Waals surface area contributed by atoms with E-state index in [1.807, 2.05) is 12.1 Å². The highest BCUT2D eigenvalue weighted by Crippen LogP contribution is 2.29. The molecule has 1 saturated heterocycles. The third kappa shape index (κ3) is 5.94. The number of likely N-dealkylation sites (tertiary alicyclic amines) is 1. The van der Waals surface area contributed by atoms with E-state index in [1.54, 1.807) is 60.0 Å². The molecule has 0 bridgehead atoms. The summed E-state index contributed by atoms with van der Waals surface area (Å²) in [5.74, 6) is -1.09. The van der Waals surface area contributed by atoms with Crippen LogP contribution < -0.4 is 11.1 Å². The molecule has 41 heavy (non-hydrogen) atoms. The van der Waals surface area contributed by atoms with E-state index < -0.39 is 24.0 Å². The summed E-state index contributed by atoms with van der Waals surface area (Å²) < 4.78 is 16.0. The number of primary amides is 1. The first-order valence-electron chi connectivity index (χ1n) is 13.3. The van der Waals surface area contributed by atoms with Gasteiger partial charge in [-0.25, -0.2) is 9.37 Å². The molecule has 5 rings (SSSR count). The van der Waals surface area contributed by atoms with E-state index in [-0.39, 0.29) is 43.8 Å². The Morgan fingerprint density at radius 3 is 2.61 bits per heavy atom. The molecule has 3 N–H and O–H groups in total. The molecule has 0 radical (unpaired) electrons. The lowest BCUT2D eigenvalue weighted by atomic mass is 10.0. The topological polar surface area (TPSA) is 134 Å². The number of nitrogens with two attached hydrogens (primary N) is 1. The van der Waals surface area contributed by atoms with Crippen molar-refractivity contribution in [1.82, 2.24) is 14.5 Å². The van der Waals surface area contributed by atoms with E-state index >= 15 is 0 Å². The predicted molar refractivity (Wildman–Crippen MR) is 152 cm³/mol. The van der Waals surface area contributed by atoms with Crippen LogP contribution >= 0.6 is 0 Å². The standard InChI is InChI=1S/C31H29FN6O3/c1-19-4-2-7-28(35-19)36-31(41)27-11-9-23(32)12-13-38(27)29(39)18-37-17-25(30(34)40)24-15-22(8-10-26(24)37)21-6-3-5-20(14-21)16-33/h2-8,10,14-15,17,23,27H,9,11-13,18H2,1H3,(H2,34,40)(H,35,36,41)/t23?,27-/m0/s1. The molecule has 1 aliphatic heterocycles. The van der Waals surface area contributed by atoms with Gasteiger partial charge in [0.25, 0.3) is 5.91 Å². The van der Waals surface area contributed by atoms with Crippen LogP contribution in [-0.2, 0) is 16.1 Å². The second-order valence-electron chi connectivity index (χ2n) is 10.2. The minimum atomic E-state index is -1.12. The summed E-state index contributed by atoms with van der Waals surface area (Å²) in [6.45, 7) is 1.72. The summed E-state index contributed by atoms with van der Waals surface area (Å²) in [6.07, 6.45) is 0.878. The van der Waals surface area contributed by atoms with Crippen LogP contribution in [0, 0.1) is 18.3 Å². The van der Waals surface area contributed by atoms with Crippen molar-refractivity contribution >= 4 is 34.4 Å². The molecular weight excluding hydrogens is 523 g/mol. The van der Waals surface area contributed by atoms with Gasteiger partial charge in [0, 0.05) is 29.3 Å². The Morgan fingerprint density at radius 1 is 1.07 bits per heavy atom. The number of carbonyl (C=O) groups excluding carboxylic acids is 3. The van der Waals surface area contributed by atoms with Crippen LogP contribution in [0.2, 0.25) is 0 Å². The number of hydrogen-bond donors (Lipinski definition) is 2. The van der Waals surface area contributed by atoms with Crippen LogP contribution in [0.3, 0.4) is 0 Å². The largest absolute Gasteiger partial charge is 0.366 e. The van der Waals surface area contributed by atoms with Gasteiger partial charge in [0.05, 0.1) is 17.2 Å². The van der Waals surface area contributed by atoms with Crippen molar-refractivity contribution in [2.45, 2.75) is 44.9 Å². The van der Waals surface area contributed by atoms with Crippen molar-refractivity contribution in [3.05, 3.63) is 83.7 Å². The summed E-state index contributed by atoms with van der Waals surface area (Å²) >= 11 is 0. The van der Waals surface area contributed by atoms with Crippen LogP contribution in [0.1, 0.15) is 40.9 Å². The number of benzene rings is 2. The van der Waals surface area contributed by atoms with Crippen LogP contribution in [0.15, 0.2) is 66.9 Å². The molecule has 0 aliphatic carbocycles. The van der Waals surface area contributed by atoms with Crippen LogP contribution in [0.25, 0.3) is 22.0 Å². The Morgan fingerprint density at radius 2 is 1.85 bits per heavy atom. The molecule has 208 valence electrons. The maximum Gasteiger partial charge on any atom is 0.250 e. The molecule has 9 nitrogen and oxygen atoms in total. The van der Waals surface area contributed by atoms with Crippen molar-refractivity contribution in [1.29, 1.82) is 5.26 Å². The molecule has 1 fully saturated rings. The van der Waals surface area contributed by atoms with E-state index in [2.05, 4.69) is 16.4 Å². The monoisotopic (exact) mass is 552 g/mol. The van der Waals surface area contributed by atoms with Crippen LogP contribution in [0.5, 0.6) is 0 Å². The fourth-order valence-corrected chi connectivity index (χ4v) is 5.28. The Labute approximate surface area is 236 Å². The molecule has 2 aromatic carbocycles. The lowest BCUT2D eigenvalue weighted by molar-refractivity contribution is -0.139. The number of pyridine rings is 1. The van der Waals surface area contributed by atoms with Gasteiger partial charge in [-0.15, -0.1) is 0 Å². The van der Waals surface area contributed by atoms with Crippen molar-refractivity contribution in [3.63, 3.8) is 0 Å². The van der Waals surface area contributed by atoms with Gasteiger partial charge in [0.1, 0.15) is 24.6 Å². The average molecular weight is 553 g/mol. The van der Waals surface area contributed by atoms with Gasteiger partial charge in [-0.05, 0) is 73.7 Å². The molecule has 4 aromatic rings. The highest BCUT2D eigenvalue weighted by atomic mass is 19.1. The zero-order valence-electron chi connectivity index (χ0n) is 22.5. The van der Waals surface area contributed by atoms with Gasteiger partial charge in [-0.3, -0.25) is 14.4 Å². The molecule has 3 heterocycles. The number of aromatic nitrogens is 2. The molecule has 1 unspecified atom stereocenters. The highest BCUT2D eigenvalue weighted by molar-refractivity contribution is 6.07. The van der Waals surface area contributed by atoms with Crippen molar-refractivity contribution in [2.75, 3.05) is 11.9 Å². The van der Waals surface area contributed by atoms with Gasteiger partial charge in [0.2, 0.25) is 11.8 Å². The van der Waals surface area contributed by atoms with Gasteiger partial charge in [-0.2, -0.15) is 5.26 Å². The maximum absolute atomic E-state index is 14.4. The number of carbonyl (C=O) groups is 3. The molecule has 0 spiro atoms. The Kier molecular flexibility index (Phi) is 7.79. The van der Waals surface area contributed by atoms with Crippen LogP contribution in [-0.4, -0.2) is 50.9 Å². The number of nitrogens with zero attached hydrogens (tertiary/aromatic N) is 4. The Bertz CT molecular complexity index is 1690. The normalized spacial score (nSPS) is 17.0. The predicted octanol–water partition coefficient (Wildman–Crippen LogP) is 4.34. The molecule has 10 heteroatoms. The first kappa shape index (κ1) is 27.5. The lowest BCUT2D eigenvalue weighted by Gasteiger charge is -2.29. The molecule has 2 atom stereocenters. The number of fused-ring (bicyclic) bond motifs is 1. The minimum Gasteiger partial charge on any atom is -0.366 e. The second kappa shape index (κ2) is 11.6. The highest BCUT2D eigenvalue weighted by Gasteiger charge is 2.34. The summed E-state index contributed by atoms with van der Waals surface area (Å²) in [7, 11) is 0. The van der Waals surface area contributed by atoms with Gasteiger partial charge < -0.3 is 20.5 Å². The third-order valence-electron chi connectivity index (χ3n) is 7.35. The number of rotatable bonds is 6. The van der Waals surface area contributed by atoms with E-state index in [1.165, 1.54) is 11.1 Å². The van der Waals surface area contributed by atoms with E-state index in [9.17, 15) is 24.0 Å². The van der Waals surface area contributed by atoms with E-state index in [0.29, 0.717) is 22.3 Å². The van der Waals surface area contributed by atoms with Crippen LogP contribution in [0.4, 0.5) is 10.2 Å². The number of nitriles is 1. The number of hydrogen-bond acceptors (Lipinski definition) is 5. The number of nitrogens with one attached hydrogen (secondary N) is 1. The van der Waals surface area contributed by atoms with E-state index in [0.717, 1.165) is 16.8 Å². The number of amides is 3. The molecule has 3 amide bonds. The van der Waals surface area contributed by atoms with Crippen molar-refractivity contribution < 1.29 is 18.8 Å².